The number of carbonyl (C=O) groups is 1. The van der Waals surface area contributed by atoms with E-state index in [1.54, 1.807) is 0 Å². The lowest BCUT2D eigenvalue weighted by Crippen LogP contribution is -2.47. The standard InChI is InChI=1S/C20H18F3N3O4/c1-12-8-15(17(30-12)20(21,22)23)19(27)26-6-7-28-13(9-26)10-29-18-14-4-2-3-5-16(14)24-11-25-18/h2-5,8,11,13H,6-7,9-10H2,1H3. The summed E-state index contributed by atoms with van der Waals surface area (Å²) in [4.78, 5) is 22.3. The molecule has 1 amide bonds. The molecule has 2 aromatic heterocycles. The van der Waals surface area contributed by atoms with Crippen LogP contribution in [0.5, 0.6) is 5.88 Å². The van der Waals surface area contributed by atoms with Gasteiger partial charge in [0.25, 0.3) is 5.91 Å². The van der Waals surface area contributed by atoms with Gasteiger partial charge in [-0.1, -0.05) is 12.1 Å². The third-order valence-corrected chi connectivity index (χ3v) is 4.68. The Labute approximate surface area is 169 Å². The highest BCUT2D eigenvalue weighted by Gasteiger charge is 2.41. The fourth-order valence-corrected chi connectivity index (χ4v) is 3.33. The Morgan fingerprint density at radius 1 is 1.30 bits per heavy atom. The Balaban J connectivity index is 1.45. The molecule has 3 heterocycles. The molecule has 1 aliphatic heterocycles. The van der Waals surface area contributed by atoms with Crippen molar-refractivity contribution in [3.05, 3.63) is 53.7 Å². The number of benzene rings is 1. The van der Waals surface area contributed by atoms with Crippen molar-refractivity contribution in [2.24, 2.45) is 0 Å². The number of amides is 1. The molecular formula is C20H18F3N3O4. The van der Waals surface area contributed by atoms with E-state index in [-0.39, 0.29) is 32.1 Å². The van der Waals surface area contributed by atoms with Crippen molar-refractivity contribution in [2.75, 3.05) is 26.3 Å². The average Bonchev–Trinajstić information content (AvgIpc) is 3.14. The van der Waals surface area contributed by atoms with Crippen LogP contribution < -0.4 is 4.74 Å². The Morgan fingerprint density at radius 3 is 2.90 bits per heavy atom. The van der Waals surface area contributed by atoms with Gasteiger partial charge in [0.15, 0.2) is 0 Å². The second kappa shape index (κ2) is 7.94. The van der Waals surface area contributed by atoms with Crippen molar-refractivity contribution in [2.45, 2.75) is 19.2 Å². The summed E-state index contributed by atoms with van der Waals surface area (Å²) in [5.74, 6) is -1.64. The number of fused-ring (bicyclic) bond motifs is 1. The number of nitrogens with zero attached hydrogens (tertiary/aromatic N) is 3. The Kier molecular flexibility index (Phi) is 5.33. The van der Waals surface area contributed by atoms with Gasteiger partial charge in [0.2, 0.25) is 11.6 Å². The van der Waals surface area contributed by atoms with Gasteiger partial charge >= 0.3 is 6.18 Å². The Hall–Kier alpha value is -3.14. The van der Waals surface area contributed by atoms with Crippen molar-refractivity contribution < 1.29 is 31.9 Å². The molecule has 30 heavy (non-hydrogen) atoms. The molecule has 1 aliphatic rings. The van der Waals surface area contributed by atoms with Gasteiger partial charge in [0.05, 0.1) is 29.6 Å². The van der Waals surface area contributed by atoms with Crippen molar-refractivity contribution in [3.8, 4) is 5.88 Å². The fraction of sp³-hybridized carbons (Fsp3) is 0.350. The number of aryl methyl sites for hydroxylation is 1. The first kappa shape index (κ1) is 20.1. The molecule has 7 nitrogen and oxygen atoms in total. The van der Waals surface area contributed by atoms with Gasteiger partial charge in [-0.25, -0.2) is 9.97 Å². The first-order chi connectivity index (χ1) is 14.3. The summed E-state index contributed by atoms with van der Waals surface area (Å²) < 4.78 is 55.6. The molecule has 0 N–H and O–H groups in total. The van der Waals surface area contributed by atoms with E-state index in [1.807, 2.05) is 24.3 Å². The van der Waals surface area contributed by atoms with E-state index in [4.69, 9.17) is 13.9 Å². The monoisotopic (exact) mass is 421 g/mol. The molecule has 0 bridgehead atoms. The molecule has 1 aromatic carbocycles. The molecule has 0 aliphatic carbocycles. The third kappa shape index (κ3) is 4.09. The van der Waals surface area contributed by atoms with Gasteiger partial charge in [-0.15, -0.1) is 0 Å². The van der Waals surface area contributed by atoms with E-state index in [2.05, 4.69) is 9.97 Å². The molecule has 0 saturated carbocycles. The quantitative estimate of drug-likeness (QED) is 0.642. The minimum atomic E-state index is -4.75. The van der Waals surface area contributed by atoms with Crippen LogP contribution in [-0.4, -0.2) is 53.2 Å². The summed E-state index contributed by atoms with van der Waals surface area (Å²) in [6.45, 7) is 1.90. The number of morpholine rings is 1. The number of alkyl halides is 3. The maximum atomic E-state index is 13.2. The molecule has 1 saturated heterocycles. The second-order valence-electron chi connectivity index (χ2n) is 6.85. The Bertz CT molecular complexity index is 1060. The van der Waals surface area contributed by atoms with Gasteiger partial charge < -0.3 is 18.8 Å². The molecule has 4 rings (SSSR count). The highest BCUT2D eigenvalue weighted by Crippen LogP contribution is 2.34. The molecule has 1 atom stereocenters. The van der Waals surface area contributed by atoms with Crippen molar-refractivity contribution in [1.29, 1.82) is 0 Å². The molecule has 1 fully saturated rings. The van der Waals surface area contributed by atoms with E-state index < -0.39 is 29.5 Å². The SMILES string of the molecule is Cc1cc(C(=O)N2CCOC(COc3ncnc4ccccc34)C2)c(C(F)(F)F)o1. The van der Waals surface area contributed by atoms with Crippen LogP contribution in [0.25, 0.3) is 10.9 Å². The lowest BCUT2D eigenvalue weighted by Gasteiger charge is -2.32. The van der Waals surface area contributed by atoms with Gasteiger partial charge in [-0.2, -0.15) is 13.2 Å². The van der Waals surface area contributed by atoms with Crippen molar-refractivity contribution >= 4 is 16.8 Å². The summed E-state index contributed by atoms with van der Waals surface area (Å²) in [6, 6.07) is 8.44. The number of hydrogen-bond acceptors (Lipinski definition) is 6. The van der Waals surface area contributed by atoms with Crippen LogP contribution >= 0.6 is 0 Å². The van der Waals surface area contributed by atoms with Crippen LogP contribution in [0.2, 0.25) is 0 Å². The highest BCUT2D eigenvalue weighted by molar-refractivity contribution is 5.95. The van der Waals surface area contributed by atoms with E-state index >= 15 is 0 Å². The number of carbonyl (C=O) groups excluding carboxylic acids is 1. The molecule has 0 radical (unpaired) electrons. The fourth-order valence-electron chi connectivity index (χ4n) is 3.33. The summed E-state index contributed by atoms with van der Waals surface area (Å²) in [6.07, 6.45) is -3.88. The zero-order chi connectivity index (χ0) is 21.3. The predicted molar refractivity (Wildman–Crippen MR) is 99.1 cm³/mol. The van der Waals surface area contributed by atoms with Crippen molar-refractivity contribution in [3.63, 3.8) is 0 Å². The van der Waals surface area contributed by atoms with Crippen LogP contribution in [0.1, 0.15) is 21.9 Å². The average molecular weight is 421 g/mol. The number of halogens is 3. The zero-order valence-corrected chi connectivity index (χ0v) is 16.0. The summed E-state index contributed by atoms with van der Waals surface area (Å²) in [5.41, 5.74) is 0.224. The molecule has 0 spiro atoms. The molecule has 3 aromatic rings. The maximum Gasteiger partial charge on any atom is 0.450 e. The topological polar surface area (TPSA) is 77.7 Å². The van der Waals surface area contributed by atoms with Gasteiger partial charge in [-0.3, -0.25) is 4.79 Å². The second-order valence-corrected chi connectivity index (χ2v) is 6.85. The lowest BCUT2D eigenvalue weighted by atomic mass is 10.1. The van der Waals surface area contributed by atoms with Crippen molar-refractivity contribution in [1.82, 2.24) is 14.9 Å². The minimum absolute atomic E-state index is 0.0226. The van der Waals surface area contributed by atoms with Crippen LogP contribution in [0, 0.1) is 6.92 Å². The van der Waals surface area contributed by atoms with Crippen LogP contribution in [0.4, 0.5) is 13.2 Å². The smallest absolute Gasteiger partial charge is 0.450 e. The van der Waals surface area contributed by atoms with Crippen LogP contribution in [0.3, 0.4) is 0 Å². The number of hydrogen-bond donors (Lipinski definition) is 0. The number of aromatic nitrogens is 2. The summed E-state index contributed by atoms with van der Waals surface area (Å²) in [7, 11) is 0. The van der Waals surface area contributed by atoms with Gasteiger partial charge in [0.1, 0.15) is 24.8 Å². The third-order valence-electron chi connectivity index (χ3n) is 4.68. The lowest BCUT2D eigenvalue weighted by molar-refractivity contribution is -0.153. The minimum Gasteiger partial charge on any atom is -0.474 e. The van der Waals surface area contributed by atoms with E-state index in [1.165, 1.54) is 18.2 Å². The maximum absolute atomic E-state index is 13.2. The first-order valence-corrected chi connectivity index (χ1v) is 9.24. The number of ether oxygens (including phenoxy) is 2. The molecule has 158 valence electrons. The molecule has 1 unspecified atom stereocenters. The van der Waals surface area contributed by atoms with Crippen LogP contribution in [0.15, 0.2) is 41.1 Å². The highest BCUT2D eigenvalue weighted by atomic mass is 19.4. The van der Waals surface area contributed by atoms with E-state index in [0.717, 1.165) is 17.0 Å². The van der Waals surface area contributed by atoms with Gasteiger partial charge in [-0.05, 0) is 25.1 Å². The van der Waals surface area contributed by atoms with Gasteiger partial charge in [0, 0.05) is 6.54 Å². The molecule has 10 heteroatoms. The normalized spacial score (nSPS) is 17.3. The predicted octanol–water partition coefficient (Wildman–Crippen LogP) is 3.47. The summed E-state index contributed by atoms with van der Waals surface area (Å²) >= 11 is 0. The number of rotatable bonds is 4. The molecular weight excluding hydrogens is 403 g/mol. The first-order valence-electron chi connectivity index (χ1n) is 9.24. The largest absolute Gasteiger partial charge is 0.474 e. The zero-order valence-electron chi connectivity index (χ0n) is 16.0. The van der Waals surface area contributed by atoms with Crippen LogP contribution in [-0.2, 0) is 10.9 Å². The van der Waals surface area contributed by atoms with E-state index in [0.29, 0.717) is 5.88 Å². The summed E-state index contributed by atoms with van der Waals surface area (Å²) in [5, 5.41) is 0.729. The number of para-hydroxylation sites is 1. The number of furan rings is 1. The Morgan fingerprint density at radius 2 is 2.10 bits per heavy atom. The van der Waals surface area contributed by atoms with E-state index in [9.17, 15) is 18.0 Å².